The molecule has 3 aromatic carbocycles. The molecule has 6 nitrogen and oxygen atoms in total. The molecule has 0 radical (unpaired) electrons. The molecule has 178 valence electrons. The maximum atomic E-state index is 13.2. The van der Waals surface area contributed by atoms with E-state index in [1.165, 1.54) is 0 Å². The SMILES string of the molecule is CCC1(CC)C[C@@H](NC(=O)c2cccc(NS(=O)(=O)c3ccc(C)cc3)c2)c2ccccc2O1. The molecular weight excluding hydrogens is 448 g/mol. The highest BCUT2D eigenvalue weighted by molar-refractivity contribution is 7.92. The van der Waals surface area contributed by atoms with Gasteiger partial charge in [0, 0.05) is 23.2 Å². The van der Waals surface area contributed by atoms with Crippen molar-refractivity contribution in [2.45, 2.75) is 56.6 Å². The van der Waals surface area contributed by atoms with Gasteiger partial charge in [0.1, 0.15) is 11.4 Å². The van der Waals surface area contributed by atoms with Gasteiger partial charge in [-0.25, -0.2) is 8.42 Å². The van der Waals surface area contributed by atoms with Crippen molar-refractivity contribution in [3.05, 3.63) is 89.5 Å². The van der Waals surface area contributed by atoms with Gasteiger partial charge in [-0.05, 0) is 56.2 Å². The summed E-state index contributed by atoms with van der Waals surface area (Å²) in [5.74, 6) is 0.529. The Hall–Kier alpha value is -3.32. The molecule has 3 aromatic rings. The number of amides is 1. The Morgan fingerprint density at radius 3 is 2.41 bits per heavy atom. The van der Waals surface area contributed by atoms with Gasteiger partial charge in [-0.2, -0.15) is 0 Å². The van der Waals surface area contributed by atoms with Crippen LogP contribution in [0.1, 0.15) is 60.6 Å². The van der Waals surface area contributed by atoms with Crippen LogP contribution in [0.15, 0.2) is 77.7 Å². The normalized spacial score (nSPS) is 16.7. The van der Waals surface area contributed by atoms with E-state index in [0.717, 1.165) is 29.7 Å². The fraction of sp³-hybridized carbons (Fsp3) is 0.296. The molecule has 0 saturated heterocycles. The van der Waals surface area contributed by atoms with E-state index in [2.05, 4.69) is 23.9 Å². The molecular formula is C27H30N2O4S. The zero-order valence-corrected chi connectivity index (χ0v) is 20.5. The van der Waals surface area contributed by atoms with Crippen LogP contribution >= 0.6 is 0 Å². The molecule has 0 bridgehead atoms. The number of sulfonamides is 1. The van der Waals surface area contributed by atoms with E-state index in [0.29, 0.717) is 17.7 Å². The van der Waals surface area contributed by atoms with Crippen LogP contribution < -0.4 is 14.8 Å². The number of anilines is 1. The van der Waals surface area contributed by atoms with Crippen LogP contribution in [-0.2, 0) is 10.0 Å². The molecule has 0 aromatic heterocycles. The number of rotatable bonds is 7. The van der Waals surface area contributed by atoms with Crippen LogP contribution in [0.2, 0.25) is 0 Å². The van der Waals surface area contributed by atoms with Crippen molar-refractivity contribution >= 4 is 21.6 Å². The van der Waals surface area contributed by atoms with E-state index < -0.39 is 10.0 Å². The van der Waals surface area contributed by atoms with E-state index in [1.54, 1.807) is 48.5 Å². The Morgan fingerprint density at radius 2 is 1.71 bits per heavy atom. The topological polar surface area (TPSA) is 84.5 Å². The van der Waals surface area contributed by atoms with Gasteiger partial charge in [0.15, 0.2) is 0 Å². The summed E-state index contributed by atoms with van der Waals surface area (Å²) in [6, 6.07) is 20.7. The number of carbonyl (C=O) groups excluding carboxylic acids is 1. The molecule has 4 rings (SSSR count). The molecule has 0 fully saturated rings. The number of benzene rings is 3. The lowest BCUT2D eigenvalue weighted by Gasteiger charge is -2.41. The van der Waals surface area contributed by atoms with Crippen molar-refractivity contribution in [2.24, 2.45) is 0 Å². The zero-order chi connectivity index (χ0) is 24.3. The number of hydrogen-bond donors (Lipinski definition) is 2. The lowest BCUT2D eigenvalue weighted by atomic mass is 9.83. The molecule has 0 spiro atoms. The van der Waals surface area contributed by atoms with Gasteiger partial charge >= 0.3 is 0 Å². The first-order chi connectivity index (χ1) is 16.2. The van der Waals surface area contributed by atoms with Gasteiger partial charge in [0.2, 0.25) is 0 Å². The number of aryl methyl sites for hydroxylation is 1. The zero-order valence-electron chi connectivity index (χ0n) is 19.7. The molecule has 1 aliphatic heterocycles. The minimum absolute atomic E-state index is 0.169. The highest BCUT2D eigenvalue weighted by Crippen LogP contribution is 2.42. The van der Waals surface area contributed by atoms with E-state index in [4.69, 9.17) is 4.74 Å². The lowest BCUT2D eigenvalue weighted by Crippen LogP contribution is -2.44. The number of fused-ring (bicyclic) bond motifs is 1. The van der Waals surface area contributed by atoms with Crippen LogP contribution in [-0.4, -0.2) is 19.9 Å². The number of nitrogens with one attached hydrogen (secondary N) is 2. The first kappa shape index (κ1) is 23.8. The van der Waals surface area contributed by atoms with Gasteiger partial charge in [-0.15, -0.1) is 0 Å². The Morgan fingerprint density at radius 1 is 1.00 bits per heavy atom. The second-order valence-corrected chi connectivity index (χ2v) is 10.4. The van der Waals surface area contributed by atoms with Gasteiger partial charge in [-0.1, -0.05) is 55.8 Å². The van der Waals surface area contributed by atoms with Gasteiger partial charge in [-0.3, -0.25) is 9.52 Å². The summed E-state index contributed by atoms with van der Waals surface area (Å²) in [6.07, 6.45) is 2.34. The fourth-order valence-electron chi connectivity index (χ4n) is 4.33. The summed E-state index contributed by atoms with van der Waals surface area (Å²) in [5, 5.41) is 3.15. The van der Waals surface area contributed by atoms with Gasteiger partial charge in [0.25, 0.3) is 15.9 Å². The van der Waals surface area contributed by atoms with E-state index in [-0.39, 0.29) is 22.4 Å². The molecule has 1 atom stereocenters. The summed E-state index contributed by atoms with van der Waals surface area (Å²) in [7, 11) is -3.76. The molecule has 1 amide bonds. The van der Waals surface area contributed by atoms with E-state index in [9.17, 15) is 13.2 Å². The lowest BCUT2D eigenvalue weighted by molar-refractivity contribution is 0.0227. The molecule has 2 N–H and O–H groups in total. The highest BCUT2D eigenvalue weighted by Gasteiger charge is 2.39. The molecule has 0 saturated carbocycles. The minimum atomic E-state index is -3.76. The van der Waals surface area contributed by atoms with Crippen molar-refractivity contribution in [2.75, 3.05) is 4.72 Å². The summed E-state index contributed by atoms with van der Waals surface area (Å²) in [4.78, 5) is 13.4. The number of carbonyl (C=O) groups is 1. The molecule has 34 heavy (non-hydrogen) atoms. The van der Waals surface area contributed by atoms with Crippen LogP contribution in [0.5, 0.6) is 5.75 Å². The largest absolute Gasteiger partial charge is 0.487 e. The molecule has 0 unspecified atom stereocenters. The standard InChI is InChI=1S/C27H30N2O4S/c1-4-27(5-2)18-24(23-11-6-7-12-25(23)33-27)28-26(30)20-9-8-10-21(17-20)29-34(31,32)22-15-13-19(3)14-16-22/h6-17,24,29H,4-5,18H2,1-3H3,(H,28,30)/t24-/m1/s1. The molecule has 1 heterocycles. The summed E-state index contributed by atoms with van der Waals surface area (Å²) >= 11 is 0. The highest BCUT2D eigenvalue weighted by atomic mass is 32.2. The molecule has 7 heteroatoms. The van der Waals surface area contributed by atoms with Gasteiger partial charge in [0.05, 0.1) is 10.9 Å². The second-order valence-electron chi connectivity index (χ2n) is 8.76. The molecule has 0 aliphatic carbocycles. The Kier molecular flexibility index (Phi) is 6.66. The first-order valence-corrected chi connectivity index (χ1v) is 13.0. The Bertz CT molecular complexity index is 1280. The minimum Gasteiger partial charge on any atom is -0.487 e. The first-order valence-electron chi connectivity index (χ1n) is 11.5. The van der Waals surface area contributed by atoms with Crippen LogP contribution in [0.4, 0.5) is 5.69 Å². The smallest absolute Gasteiger partial charge is 0.261 e. The van der Waals surface area contributed by atoms with Gasteiger partial charge < -0.3 is 10.1 Å². The Balaban J connectivity index is 1.55. The third-order valence-corrected chi connectivity index (χ3v) is 7.90. The van der Waals surface area contributed by atoms with Crippen LogP contribution in [0.25, 0.3) is 0 Å². The number of para-hydroxylation sites is 1. The van der Waals surface area contributed by atoms with Crippen molar-refractivity contribution < 1.29 is 17.9 Å². The van der Waals surface area contributed by atoms with Crippen LogP contribution in [0, 0.1) is 6.92 Å². The third kappa shape index (κ3) is 4.94. The summed E-state index contributed by atoms with van der Waals surface area (Å²) in [6.45, 7) is 6.09. The third-order valence-electron chi connectivity index (χ3n) is 6.50. The van der Waals surface area contributed by atoms with Crippen molar-refractivity contribution in [1.82, 2.24) is 5.32 Å². The van der Waals surface area contributed by atoms with Crippen molar-refractivity contribution in [3.63, 3.8) is 0 Å². The summed E-state index contributed by atoms with van der Waals surface area (Å²) < 4.78 is 34.4. The predicted molar refractivity (Wildman–Crippen MR) is 134 cm³/mol. The Labute approximate surface area is 201 Å². The van der Waals surface area contributed by atoms with E-state index >= 15 is 0 Å². The average Bonchev–Trinajstić information content (AvgIpc) is 2.84. The monoisotopic (exact) mass is 478 g/mol. The summed E-state index contributed by atoms with van der Waals surface area (Å²) in [5.41, 5.74) is 2.30. The maximum absolute atomic E-state index is 13.2. The number of hydrogen-bond acceptors (Lipinski definition) is 4. The molecule has 1 aliphatic rings. The quantitative estimate of drug-likeness (QED) is 0.462. The maximum Gasteiger partial charge on any atom is 0.261 e. The second kappa shape index (κ2) is 9.50. The van der Waals surface area contributed by atoms with Crippen molar-refractivity contribution in [1.29, 1.82) is 0 Å². The number of ether oxygens (including phenoxy) is 1. The average molecular weight is 479 g/mol. The fourth-order valence-corrected chi connectivity index (χ4v) is 5.38. The van der Waals surface area contributed by atoms with Crippen LogP contribution in [0.3, 0.4) is 0 Å². The van der Waals surface area contributed by atoms with Crippen molar-refractivity contribution in [3.8, 4) is 5.75 Å². The predicted octanol–water partition coefficient (Wildman–Crippen LogP) is 5.61. The van der Waals surface area contributed by atoms with E-state index in [1.807, 2.05) is 31.2 Å².